The van der Waals surface area contributed by atoms with Gasteiger partial charge in [0.1, 0.15) is 5.82 Å². The van der Waals surface area contributed by atoms with Crippen LogP contribution in [0.25, 0.3) is 0 Å². The molecule has 3 nitrogen and oxygen atoms in total. The minimum Gasteiger partial charge on any atom is -0.337 e. The molecule has 1 aromatic carbocycles. The van der Waals surface area contributed by atoms with Crippen molar-refractivity contribution in [3.05, 3.63) is 34.6 Å². The maximum Gasteiger partial charge on any atom is 0.254 e. The van der Waals surface area contributed by atoms with Crippen molar-refractivity contribution in [2.24, 2.45) is 11.7 Å². The van der Waals surface area contributed by atoms with Gasteiger partial charge in [0.15, 0.2) is 0 Å². The Morgan fingerprint density at radius 3 is 2.89 bits per heavy atom. The molecule has 0 aromatic heterocycles. The molecule has 0 bridgehead atoms. The van der Waals surface area contributed by atoms with E-state index < -0.39 is 5.82 Å². The molecule has 0 aliphatic carbocycles. The molecule has 1 saturated heterocycles. The van der Waals surface area contributed by atoms with Gasteiger partial charge in [-0.25, -0.2) is 4.39 Å². The number of halogens is 2. The number of hydrogen-bond acceptors (Lipinski definition) is 2. The summed E-state index contributed by atoms with van der Waals surface area (Å²) in [5, 5.41) is 0.0264. The fraction of sp³-hybridized carbons (Fsp3) is 0.500. The second-order valence-corrected chi connectivity index (χ2v) is 5.46. The molecule has 1 aromatic rings. The van der Waals surface area contributed by atoms with Crippen molar-refractivity contribution in [1.29, 1.82) is 0 Å². The standard InChI is InChI=1S/C14H18ClFN2O/c1-2-3-10-7-18(8-13(10)17)14(19)9-4-5-11(15)12(16)6-9/h4-6,10,13H,2-3,7-8,17H2,1H3/t10-,13-/m0/s1. The number of carbonyl (C=O) groups excluding carboxylic acids is 1. The van der Waals surface area contributed by atoms with Crippen molar-refractivity contribution in [2.45, 2.75) is 25.8 Å². The second kappa shape index (κ2) is 5.88. The van der Waals surface area contributed by atoms with E-state index in [2.05, 4.69) is 6.92 Å². The number of rotatable bonds is 3. The van der Waals surface area contributed by atoms with Gasteiger partial charge in [-0.3, -0.25) is 4.79 Å². The van der Waals surface area contributed by atoms with Gasteiger partial charge >= 0.3 is 0 Å². The zero-order valence-corrected chi connectivity index (χ0v) is 11.7. The van der Waals surface area contributed by atoms with Crippen LogP contribution in [0.2, 0.25) is 5.02 Å². The Hall–Kier alpha value is -1.13. The minimum atomic E-state index is -0.568. The number of amides is 1. The topological polar surface area (TPSA) is 46.3 Å². The molecule has 1 fully saturated rings. The first-order valence-corrected chi connectivity index (χ1v) is 6.90. The molecule has 104 valence electrons. The Bertz CT molecular complexity index is 481. The summed E-state index contributed by atoms with van der Waals surface area (Å²) in [4.78, 5) is 14.0. The van der Waals surface area contributed by atoms with Gasteiger partial charge in [-0.1, -0.05) is 24.9 Å². The third kappa shape index (κ3) is 3.07. The number of nitrogens with zero attached hydrogens (tertiary/aromatic N) is 1. The van der Waals surface area contributed by atoms with Crippen LogP contribution in [-0.4, -0.2) is 29.9 Å². The van der Waals surface area contributed by atoms with Crippen LogP contribution in [-0.2, 0) is 0 Å². The van der Waals surface area contributed by atoms with Gasteiger partial charge in [-0.2, -0.15) is 0 Å². The summed E-state index contributed by atoms with van der Waals surface area (Å²) < 4.78 is 13.4. The van der Waals surface area contributed by atoms with E-state index in [0.717, 1.165) is 12.8 Å². The van der Waals surface area contributed by atoms with Gasteiger partial charge in [0.25, 0.3) is 5.91 Å². The highest BCUT2D eigenvalue weighted by molar-refractivity contribution is 6.30. The van der Waals surface area contributed by atoms with E-state index in [1.165, 1.54) is 12.1 Å². The molecule has 2 atom stereocenters. The average Bonchev–Trinajstić information content (AvgIpc) is 2.74. The van der Waals surface area contributed by atoms with Crippen molar-refractivity contribution < 1.29 is 9.18 Å². The lowest BCUT2D eigenvalue weighted by atomic mass is 9.99. The maximum atomic E-state index is 13.4. The maximum absolute atomic E-state index is 13.4. The van der Waals surface area contributed by atoms with Crippen LogP contribution < -0.4 is 5.73 Å². The smallest absolute Gasteiger partial charge is 0.254 e. The van der Waals surface area contributed by atoms with Crippen LogP contribution >= 0.6 is 11.6 Å². The first-order valence-electron chi connectivity index (χ1n) is 6.52. The lowest BCUT2D eigenvalue weighted by Gasteiger charge is -2.16. The summed E-state index contributed by atoms with van der Waals surface area (Å²) in [6.07, 6.45) is 2.07. The lowest BCUT2D eigenvalue weighted by Crippen LogP contribution is -2.32. The predicted molar refractivity (Wildman–Crippen MR) is 73.7 cm³/mol. The SMILES string of the molecule is CCC[C@H]1CN(C(=O)c2ccc(Cl)c(F)c2)C[C@@H]1N. The molecule has 1 aliphatic heterocycles. The summed E-state index contributed by atoms with van der Waals surface area (Å²) in [5.41, 5.74) is 6.36. The molecule has 2 rings (SSSR count). The van der Waals surface area contributed by atoms with E-state index in [0.29, 0.717) is 24.6 Å². The third-order valence-corrected chi connectivity index (χ3v) is 3.91. The van der Waals surface area contributed by atoms with E-state index in [-0.39, 0.29) is 17.0 Å². The van der Waals surface area contributed by atoms with Crippen LogP contribution in [0, 0.1) is 11.7 Å². The lowest BCUT2D eigenvalue weighted by molar-refractivity contribution is 0.0785. The number of benzene rings is 1. The van der Waals surface area contributed by atoms with Crippen LogP contribution in [0.4, 0.5) is 4.39 Å². The Labute approximate surface area is 117 Å². The van der Waals surface area contributed by atoms with Gasteiger partial charge in [0.05, 0.1) is 5.02 Å². The van der Waals surface area contributed by atoms with E-state index in [1.54, 1.807) is 11.0 Å². The average molecular weight is 285 g/mol. The largest absolute Gasteiger partial charge is 0.337 e. The van der Waals surface area contributed by atoms with Gasteiger partial charge in [-0.05, 0) is 30.5 Å². The molecule has 0 saturated carbocycles. The fourth-order valence-electron chi connectivity index (χ4n) is 2.55. The van der Waals surface area contributed by atoms with Crippen molar-refractivity contribution in [2.75, 3.05) is 13.1 Å². The highest BCUT2D eigenvalue weighted by atomic mass is 35.5. The van der Waals surface area contributed by atoms with Gasteiger partial charge in [0, 0.05) is 24.7 Å². The Balaban J connectivity index is 2.10. The fourth-order valence-corrected chi connectivity index (χ4v) is 2.67. The van der Waals surface area contributed by atoms with Crippen molar-refractivity contribution in [3.8, 4) is 0 Å². The molecule has 2 N–H and O–H groups in total. The number of likely N-dealkylation sites (tertiary alicyclic amines) is 1. The van der Waals surface area contributed by atoms with Crippen LogP contribution in [0.3, 0.4) is 0 Å². The number of hydrogen-bond donors (Lipinski definition) is 1. The predicted octanol–water partition coefficient (Wildman–Crippen LogP) is 2.68. The molecule has 0 radical (unpaired) electrons. The first kappa shape index (κ1) is 14.3. The van der Waals surface area contributed by atoms with E-state index >= 15 is 0 Å². The molecular weight excluding hydrogens is 267 g/mol. The summed E-state index contributed by atoms with van der Waals surface area (Å²) >= 11 is 5.61. The second-order valence-electron chi connectivity index (χ2n) is 5.05. The third-order valence-electron chi connectivity index (χ3n) is 3.60. The molecule has 1 heterocycles. The van der Waals surface area contributed by atoms with Gasteiger partial charge < -0.3 is 10.6 Å². The minimum absolute atomic E-state index is 0.0149. The number of nitrogens with two attached hydrogens (primary N) is 1. The zero-order valence-electron chi connectivity index (χ0n) is 10.9. The Kier molecular flexibility index (Phi) is 4.42. The molecule has 1 aliphatic rings. The van der Waals surface area contributed by atoms with E-state index in [1.807, 2.05) is 0 Å². The molecule has 1 amide bonds. The van der Waals surface area contributed by atoms with Crippen molar-refractivity contribution in [1.82, 2.24) is 4.90 Å². The summed E-state index contributed by atoms with van der Waals surface area (Å²) in [7, 11) is 0. The summed E-state index contributed by atoms with van der Waals surface area (Å²) in [6, 6.07) is 4.15. The van der Waals surface area contributed by atoms with Crippen molar-refractivity contribution in [3.63, 3.8) is 0 Å². The molecule has 5 heteroatoms. The molecular formula is C14H18ClFN2O. The highest BCUT2D eigenvalue weighted by Crippen LogP contribution is 2.23. The van der Waals surface area contributed by atoms with Gasteiger partial charge in [0.2, 0.25) is 0 Å². The number of carbonyl (C=O) groups is 1. The van der Waals surface area contributed by atoms with E-state index in [4.69, 9.17) is 17.3 Å². The Morgan fingerprint density at radius 2 is 2.26 bits per heavy atom. The van der Waals surface area contributed by atoms with Crippen LogP contribution in [0.5, 0.6) is 0 Å². The molecule has 0 unspecified atom stereocenters. The summed E-state index contributed by atoms with van der Waals surface area (Å²) in [5.74, 6) is -0.406. The quantitative estimate of drug-likeness (QED) is 0.927. The van der Waals surface area contributed by atoms with Crippen molar-refractivity contribution >= 4 is 17.5 Å². The summed E-state index contributed by atoms with van der Waals surface area (Å²) in [6.45, 7) is 3.29. The van der Waals surface area contributed by atoms with Crippen LogP contribution in [0.1, 0.15) is 30.1 Å². The monoisotopic (exact) mass is 284 g/mol. The van der Waals surface area contributed by atoms with Gasteiger partial charge in [-0.15, -0.1) is 0 Å². The van der Waals surface area contributed by atoms with E-state index in [9.17, 15) is 9.18 Å². The first-order chi connectivity index (χ1) is 9.02. The molecule has 0 spiro atoms. The Morgan fingerprint density at radius 1 is 1.53 bits per heavy atom. The molecule has 19 heavy (non-hydrogen) atoms. The normalized spacial score (nSPS) is 22.8. The zero-order chi connectivity index (χ0) is 14.0. The highest BCUT2D eigenvalue weighted by Gasteiger charge is 2.32. The van der Waals surface area contributed by atoms with Crippen LogP contribution in [0.15, 0.2) is 18.2 Å².